The molecule has 4 N–H and O–H groups in total. The highest BCUT2D eigenvalue weighted by atomic mass is 16.6. The second-order valence-electron chi connectivity index (χ2n) is 19.9. The molecule has 1 saturated carbocycles. The SMILES string of the molecule is COc1ccc(CN2C3CC2CN(c2ccc(-c4cc(OCCCCCN5C[C@H](NC(=O)[C@H](CCCc6cncnc6N)NC(=O)OC(C)(C)C)C6(CC6)C5)cn5ncc(C#N)c45)cn2)C3)cn1. The van der Waals surface area contributed by atoms with Gasteiger partial charge in [0, 0.05) is 97.6 Å². The molecular weight excluding hydrogens is 863 g/mol. The molecule has 4 atom stereocenters. The summed E-state index contributed by atoms with van der Waals surface area (Å²) in [7, 11) is 1.63. The van der Waals surface area contributed by atoms with Crippen molar-refractivity contribution in [2.75, 3.05) is 57.1 Å². The number of hydrogen-bond donors (Lipinski definition) is 3. The highest BCUT2D eigenvalue weighted by Gasteiger charge is 2.55. The Morgan fingerprint density at radius 3 is 2.54 bits per heavy atom. The van der Waals surface area contributed by atoms with E-state index in [4.69, 9.17) is 24.9 Å². The van der Waals surface area contributed by atoms with E-state index in [1.807, 2.05) is 30.7 Å². The smallest absolute Gasteiger partial charge is 0.408 e. The molecule has 10 rings (SSSR count). The third-order valence-electron chi connectivity index (χ3n) is 13.9. The molecule has 358 valence electrons. The number of amides is 2. The minimum absolute atomic E-state index is 0.00879. The lowest BCUT2D eigenvalue weighted by Gasteiger charge is -2.56. The molecule has 9 heterocycles. The van der Waals surface area contributed by atoms with E-state index < -0.39 is 17.7 Å². The first-order valence-electron chi connectivity index (χ1n) is 23.9. The van der Waals surface area contributed by atoms with Crippen LogP contribution in [-0.4, -0.2) is 128 Å². The van der Waals surface area contributed by atoms with Crippen LogP contribution in [0.3, 0.4) is 0 Å². The van der Waals surface area contributed by atoms with Crippen LogP contribution in [0.1, 0.15) is 88.8 Å². The van der Waals surface area contributed by atoms with Gasteiger partial charge in [0.25, 0.3) is 0 Å². The Morgan fingerprint density at radius 2 is 1.84 bits per heavy atom. The van der Waals surface area contributed by atoms with Crippen LogP contribution in [0.15, 0.2) is 67.6 Å². The summed E-state index contributed by atoms with van der Waals surface area (Å²) in [4.78, 5) is 51.5. The maximum atomic E-state index is 13.8. The Labute approximate surface area is 397 Å². The van der Waals surface area contributed by atoms with Gasteiger partial charge in [-0.2, -0.15) is 10.4 Å². The third kappa shape index (κ3) is 10.7. The number of anilines is 2. The van der Waals surface area contributed by atoms with Crippen LogP contribution < -0.4 is 30.7 Å². The topological polar surface area (TPSA) is 214 Å². The van der Waals surface area contributed by atoms with Crippen molar-refractivity contribution < 1.29 is 23.8 Å². The number of pyridine rings is 3. The zero-order chi connectivity index (χ0) is 47.4. The maximum absolute atomic E-state index is 13.8. The van der Waals surface area contributed by atoms with Crippen LogP contribution >= 0.6 is 0 Å². The molecule has 4 saturated heterocycles. The minimum Gasteiger partial charge on any atom is -0.492 e. The van der Waals surface area contributed by atoms with E-state index in [1.165, 1.54) is 18.3 Å². The number of rotatable bonds is 19. The second kappa shape index (κ2) is 19.9. The van der Waals surface area contributed by atoms with Gasteiger partial charge in [0.05, 0.1) is 37.2 Å². The van der Waals surface area contributed by atoms with E-state index in [2.05, 4.69) is 69.7 Å². The molecule has 2 bridgehead atoms. The Kier molecular flexibility index (Phi) is 13.6. The van der Waals surface area contributed by atoms with Crippen LogP contribution in [0, 0.1) is 16.7 Å². The number of ether oxygens (including phenoxy) is 3. The fourth-order valence-corrected chi connectivity index (χ4v) is 10.1. The van der Waals surface area contributed by atoms with Gasteiger partial charge in [0.2, 0.25) is 11.8 Å². The highest BCUT2D eigenvalue weighted by molar-refractivity contribution is 5.86. The summed E-state index contributed by atoms with van der Waals surface area (Å²) in [6.07, 6.45) is 17.5. The summed E-state index contributed by atoms with van der Waals surface area (Å²) in [6, 6.07) is 12.6. The standard InChI is InChI=1S/C50H63N13O5/c1-49(2,3)68-48(65)58-41(10-8-9-35-23-53-32-56-46(35)52)47(64)59-42-30-60(31-50(42)15-16-50)17-6-5-7-18-67-39-20-40(45-36(21-51)25-57-63(45)29-39)34-12-13-43(54-24-34)61-27-37-19-38(28-61)62(37)26-33-11-14-44(66-4)55-22-33/h11-14,20,22-25,29,32,37-38,41-42H,5-10,15-19,26-28,30-31H2,1-4H3,(H,58,65)(H,59,64)(H2,52,53,56)/t37?,38?,41-,42-/m0/s1. The monoisotopic (exact) mass is 926 g/mol. The number of methoxy groups -OCH3 is 1. The summed E-state index contributed by atoms with van der Waals surface area (Å²) in [5.41, 5.74) is 10.4. The average molecular weight is 926 g/mol. The fourth-order valence-electron chi connectivity index (χ4n) is 10.1. The molecule has 2 unspecified atom stereocenters. The summed E-state index contributed by atoms with van der Waals surface area (Å²) < 4.78 is 18.8. The van der Waals surface area contributed by atoms with Crippen molar-refractivity contribution in [3.8, 4) is 28.8 Å². The minimum atomic E-state index is -0.755. The van der Waals surface area contributed by atoms with E-state index >= 15 is 0 Å². The highest BCUT2D eigenvalue weighted by Crippen LogP contribution is 2.53. The number of piperazine rings is 1. The van der Waals surface area contributed by atoms with Crippen LogP contribution in [0.2, 0.25) is 0 Å². The van der Waals surface area contributed by atoms with E-state index in [9.17, 15) is 14.9 Å². The number of nitrogen functional groups attached to an aromatic ring is 1. The summed E-state index contributed by atoms with van der Waals surface area (Å²) in [5.74, 6) is 2.48. The molecule has 5 aliphatic rings. The number of aromatic nitrogens is 6. The van der Waals surface area contributed by atoms with Crippen molar-refractivity contribution in [3.05, 3.63) is 84.3 Å². The molecule has 1 spiro atoms. The number of nitrogens with zero attached hydrogens (tertiary/aromatic N) is 10. The Bertz CT molecular complexity index is 2590. The number of nitrogens with two attached hydrogens (primary N) is 1. The maximum Gasteiger partial charge on any atom is 0.408 e. The van der Waals surface area contributed by atoms with Crippen molar-refractivity contribution in [2.24, 2.45) is 5.41 Å². The first-order valence-corrected chi connectivity index (χ1v) is 23.9. The number of piperidine rings is 1. The number of unbranched alkanes of at least 4 members (excludes halogenated alkanes) is 2. The van der Waals surface area contributed by atoms with Gasteiger partial charge in [0.1, 0.15) is 41.4 Å². The molecular formula is C50H63N13O5. The first kappa shape index (κ1) is 46.5. The quantitative estimate of drug-likeness (QED) is 0.0866. The lowest BCUT2D eigenvalue weighted by Crippen LogP contribution is -2.68. The molecule has 2 amide bonds. The lowest BCUT2D eigenvalue weighted by molar-refractivity contribution is -0.124. The van der Waals surface area contributed by atoms with Gasteiger partial charge in [-0.15, -0.1) is 0 Å². The van der Waals surface area contributed by atoms with Crippen LogP contribution in [0.4, 0.5) is 16.4 Å². The van der Waals surface area contributed by atoms with Crippen LogP contribution in [0.25, 0.3) is 16.6 Å². The number of fused-ring (bicyclic) bond motifs is 3. The van der Waals surface area contributed by atoms with Gasteiger partial charge in [0.15, 0.2) is 0 Å². The number of nitrogens with one attached hydrogen (secondary N) is 2. The third-order valence-corrected chi connectivity index (χ3v) is 13.9. The van der Waals surface area contributed by atoms with Gasteiger partial charge in [-0.25, -0.2) is 29.2 Å². The zero-order valence-corrected chi connectivity index (χ0v) is 39.6. The predicted molar refractivity (Wildman–Crippen MR) is 256 cm³/mol. The van der Waals surface area contributed by atoms with Gasteiger partial charge in [-0.1, -0.05) is 6.07 Å². The van der Waals surface area contributed by atoms with Gasteiger partial charge in [-0.05, 0) is 109 Å². The van der Waals surface area contributed by atoms with Gasteiger partial charge < -0.3 is 40.4 Å². The number of nitriles is 1. The Balaban J connectivity index is 0.750. The van der Waals surface area contributed by atoms with E-state index in [-0.39, 0.29) is 17.4 Å². The predicted octanol–water partition coefficient (Wildman–Crippen LogP) is 5.55. The number of alkyl carbamates (subject to hydrolysis) is 1. The number of aryl methyl sites for hydroxylation is 1. The number of hydrogen-bond acceptors (Lipinski definition) is 15. The Morgan fingerprint density at radius 1 is 1.00 bits per heavy atom. The van der Waals surface area contributed by atoms with Crippen molar-refractivity contribution in [1.82, 2.24) is 50.0 Å². The second-order valence-corrected chi connectivity index (χ2v) is 19.9. The summed E-state index contributed by atoms with van der Waals surface area (Å²) in [5, 5.41) is 20.6. The van der Waals surface area contributed by atoms with Crippen molar-refractivity contribution in [1.29, 1.82) is 5.26 Å². The first-order chi connectivity index (χ1) is 32.9. The number of carbonyl (C=O) groups is 2. The molecule has 18 heteroatoms. The molecule has 5 aromatic heterocycles. The molecule has 4 aliphatic heterocycles. The van der Waals surface area contributed by atoms with E-state index in [0.29, 0.717) is 61.0 Å². The molecule has 68 heavy (non-hydrogen) atoms. The van der Waals surface area contributed by atoms with Crippen molar-refractivity contribution in [3.63, 3.8) is 0 Å². The van der Waals surface area contributed by atoms with Crippen molar-refractivity contribution in [2.45, 2.75) is 115 Å². The normalized spacial score (nSPS) is 20.1. The molecule has 18 nitrogen and oxygen atoms in total. The van der Waals surface area contributed by atoms with Crippen LogP contribution in [0.5, 0.6) is 11.6 Å². The van der Waals surface area contributed by atoms with Crippen LogP contribution in [-0.2, 0) is 22.5 Å². The van der Waals surface area contributed by atoms with Gasteiger partial charge in [-0.3, -0.25) is 9.69 Å². The number of carbonyl (C=O) groups excluding carboxylic acids is 2. The van der Waals surface area contributed by atoms with E-state index in [1.54, 1.807) is 44.8 Å². The fraction of sp³-hybridized carbons (Fsp3) is 0.520. The number of likely N-dealkylation sites (tertiary alicyclic amines) is 1. The van der Waals surface area contributed by atoms with E-state index in [0.717, 1.165) is 99.4 Å². The molecule has 0 aromatic carbocycles. The zero-order valence-electron chi connectivity index (χ0n) is 39.6. The molecule has 5 fully saturated rings. The molecule has 0 radical (unpaired) electrons. The van der Waals surface area contributed by atoms with Crippen molar-refractivity contribution >= 4 is 29.2 Å². The van der Waals surface area contributed by atoms with Gasteiger partial charge >= 0.3 is 6.09 Å². The average Bonchev–Trinajstić information content (AvgIpc) is 3.87. The molecule has 5 aromatic rings. The Hall–Kier alpha value is -6.58. The summed E-state index contributed by atoms with van der Waals surface area (Å²) >= 11 is 0. The lowest BCUT2D eigenvalue weighted by atomic mass is 9.87. The summed E-state index contributed by atoms with van der Waals surface area (Å²) in [6.45, 7) is 11.3. The largest absolute Gasteiger partial charge is 0.492 e. The molecule has 1 aliphatic carbocycles.